The van der Waals surface area contributed by atoms with Gasteiger partial charge in [-0.05, 0) is 43.2 Å². The van der Waals surface area contributed by atoms with Crippen LogP contribution in [0, 0.1) is 6.92 Å². The van der Waals surface area contributed by atoms with Crippen molar-refractivity contribution in [1.29, 1.82) is 0 Å². The molecule has 0 unspecified atom stereocenters. The molecular weight excluding hydrogens is 368 g/mol. The summed E-state index contributed by atoms with van der Waals surface area (Å²) >= 11 is 1.65. The number of benzene rings is 2. The van der Waals surface area contributed by atoms with E-state index in [1.165, 1.54) is 16.7 Å². The second-order valence-corrected chi connectivity index (χ2v) is 9.13. The third-order valence-electron chi connectivity index (χ3n) is 5.53. The fourth-order valence-corrected chi connectivity index (χ4v) is 4.80. The molecular formula is C23H28N2O2S. The van der Waals surface area contributed by atoms with E-state index >= 15 is 0 Å². The molecule has 2 heterocycles. The van der Waals surface area contributed by atoms with Gasteiger partial charge in [-0.15, -0.1) is 11.8 Å². The number of ether oxygens (including phenoxy) is 1. The van der Waals surface area contributed by atoms with Crippen LogP contribution in [0.5, 0.6) is 5.75 Å². The number of fused-ring (bicyclic) bond motifs is 1. The highest BCUT2D eigenvalue weighted by atomic mass is 32.2. The van der Waals surface area contributed by atoms with Crippen LogP contribution in [0.15, 0.2) is 47.4 Å². The molecule has 1 atom stereocenters. The van der Waals surface area contributed by atoms with Gasteiger partial charge in [0.1, 0.15) is 5.75 Å². The number of carbonyl (C=O) groups is 1. The van der Waals surface area contributed by atoms with Crippen molar-refractivity contribution in [2.75, 3.05) is 32.8 Å². The number of thioether (sulfide) groups is 1. The van der Waals surface area contributed by atoms with Crippen molar-refractivity contribution >= 4 is 17.7 Å². The highest BCUT2D eigenvalue weighted by Crippen LogP contribution is 2.27. The standard InChI is InChI=1S/C23H28N2O2S/c1-17-3-6-21(7-4-17)28-18(2)23(26)25-12-10-24(11-13-25)16-19-5-8-22-20(15-19)9-14-27-22/h3-8,15,18H,9-14,16H2,1-2H3/t18-/m0/s1. The Morgan fingerprint density at radius 2 is 1.86 bits per heavy atom. The van der Waals surface area contributed by atoms with Crippen LogP contribution in [0.25, 0.3) is 0 Å². The molecule has 2 aliphatic heterocycles. The minimum absolute atomic E-state index is 0.0500. The average Bonchev–Trinajstić information content (AvgIpc) is 3.17. The van der Waals surface area contributed by atoms with E-state index in [0.717, 1.165) is 56.4 Å². The lowest BCUT2D eigenvalue weighted by Crippen LogP contribution is -2.50. The Bertz CT molecular complexity index is 829. The SMILES string of the molecule is Cc1ccc(S[C@@H](C)C(=O)N2CCN(Cc3ccc4c(c3)CCO4)CC2)cc1. The second kappa shape index (κ2) is 8.58. The van der Waals surface area contributed by atoms with Gasteiger partial charge in [0, 0.05) is 44.0 Å². The summed E-state index contributed by atoms with van der Waals surface area (Å²) in [5, 5.41) is -0.0500. The average molecular weight is 397 g/mol. The zero-order valence-corrected chi connectivity index (χ0v) is 17.5. The molecule has 5 heteroatoms. The van der Waals surface area contributed by atoms with E-state index in [1.54, 1.807) is 11.8 Å². The van der Waals surface area contributed by atoms with E-state index in [1.807, 2.05) is 11.8 Å². The zero-order chi connectivity index (χ0) is 19.5. The molecule has 1 saturated heterocycles. The van der Waals surface area contributed by atoms with Gasteiger partial charge in [0.2, 0.25) is 5.91 Å². The van der Waals surface area contributed by atoms with Crippen LogP contribution in [0.4, 0.5) is 0 Å². The molecule has 0 saturated carbocycles. The summed E-state index contributed by atoms with van der Waals surface area (Å²) in [5.74, 6) is 1.29. The molecule has 0 radical (unpaired) electrons. The summed E-state index contributed by atoms with van der Waals surface area (Å²) in [6, 6.07) is 14.9. The molecule has 1 fully saturated rings. The number of carbonyl (C=O) groups excluding carboxylic acids is 1. The molecule has 2 aromatic rings. The number of nitrogens with zero attached hydrogens (tertiary/aromatic N) is 2. The maximum absolute atomic E-state index is 12.8. The van der Waals surface area contributed by atoms with Gasteiger partial charge in [-0.1, -0.05) is 29.8 Å². The number of hydrogen-bond donors (Lipinski definition) is 0. The molecule has 0 aliphatic carbocycles. The van der Waals surface area contributed by atoms with Gasteiger partial charge in [-0.2, -0.15) is 0 Å². The van der Waals surface area contributed by atoms with Crippen LogP contribution < -0.4 is 4.74 Å². The fourth-order valence-electron chi connectivity index (χ4n) is 3.85. The zero-order valence-electron chi connectivity index (χ0n) is 16.7. The number of aryl methyl sites for hydroxylation is 1. The predicted molar refractivity (Wildman–Crippen MR) is 114 cm³/mol. The molecule has 2 aromatic carbocycles. The smallest absolute Gasteiger partial charge is 0.235 e. The highest BCUT2D eigenvalue weighted by molar-refractivity contribution is 8.00. The van der Waals surface area contributed by atoms with Crippen molar-refractivity contribution in [1.82, 2.24) is 9.80 Å². The van der Waals surface area contributed by atoms with E-state index < -0.39 is 0 Å². The Balaban J connectivity index is 1.27. The molecule has 0 spiro atoms. The lowest BCUT2D eigenvalue weighted by molar-refractivity contribution is -0.132. The van der Waals surface area contributed by atoms with Crippen LogP contribution in [0.3, 0.4) is 0 Å². The van der Waals surface area contributed by atoms with Gasteiger partial charge in [0.15, 0.2) is 0 Å². The van der Waals surface area contributed by atoms with Crippen LogP contribution in [-0.2, 0) is 17.8 Å². The van der Waals surface area contributed by atoms with Crippen molar-refractivity contribution < 1.29 is 9.53 Å². The summed E-state index contributed by atoms with van der Waals surface area (Å²) in [6.07, 6.45) is 1.02. The summed E-state index contributed by atoms with van der Waals surface area (Å²) in [4.78, 5) is 18.5. The molecule has 28 heavy (non-hydrogen) atoms. The number of piperazine rings is 1. The molecule has 4 nitrogen and oxygen atoms in total. The quantitative estimate of drug-likeness (QED) is 0.721. The maximum atomic E-state index is 12.8. The first-order valence-corrected chi connectivity index (χ1v) is 11.0. The number of rotatable bonds is 5. The third-order valence-corrected chi connectivity index (χ3v) is 6.63. The normalized spacial score (nSPS) is 17.9. The van der Waals surface area contributed by atoms with Gasteiger partial charge in [0.05, 0.1) is 11.9 Å². The van der Waals surface area contributed by atoms with E-state index in [-0.39, 0.29) is 11.2 Å². The Hall–Kier alpha value is -1.98. The van der Waals surface area contributed by atoms with Gasteiger partial charge < -0.3 is 9.64 Å². The van der Waals surface area contributed by atoms with Crippen molar-refractivity contribution in [3.05, 3.63) is 59.2 Å². The van der Waals surface area contributed by atoms with Crippen molar-refractivity contribution in [2.45, 2.75) is 37.0 Å². The van der Waals surface area contributed by atoms with E-state index in [0.29, 0.717) is 0 Å². The molecule has 0 N–H and O–H groups in total. The van der Waals surface area contributed by atoms with Gasteiger partial charge in [0.25, 0.3) is 0 Å². The van der Waals surface area contributed by atoms with Gasteiger partial charge in [-0.25, -0.2) is 0 Å². The molecule has 4 rings (SSSR count). The summed E-state index contributed by atoms with van der Waals surface area (Å²) in [5.41, 5.74) is 3.91. The first-order chi connectivity index (χ1) is 13.6. The second-order valence-electron chi connectivity index (χ2n) is 7.72. The molecule has 2 aliphatic rings. The number of hydrogen-bond acceptors (Lipinski definition) is 4. The predicted octanol–water partition coefficient (Wildman–Crippen LogP) is 3.75. The summed E-state index contributed by atoms with van der Waals surface area (Å²) < 4.78 is 5.59. The fraction of sp³-hybridized carbons (Fsp3) is 0.435. The van der Waals surface area contributed by atoms with Crippen LogP contribution in [-0.4, -0.2) is 53.7 Å². The minimum Gasteiger partial charge on any atom is -0.493 e. The third kappa shape index (κ3) is 4.53. The molecule has 0 aromatic heterocycles. The van der Waals surface area contributed by atoms with Crippen molar-refractivity contribution in [2.24, 2.45) is 0 Å². The Labute approximate surface area is 171 Å². The summed E-state index contributed by atoms with van der Waals surface area (Å²) in [7, 11) is 0. The van der Waals surface area contributed by atoms with Crippen LogP contribution >= 0.6 is 11.8 Å². The Kier molecular flexibility index (Phi) is 5.93. The van der Waals surface area contributed by atoms with Gasteiger partial charge in [-0.3, -0.25) is 9.69 Å². The monoisotopic (exact) mass is 396 g/mol. The topological polar surface area (TPSA) is 32.8 Å². The molecule has 1 amide bonds. The minimum atomic E-state index is -0.0500. The van der Waals surface area contributed by atoms with Crippen LogP contribution in [0.1, 0.15) is 23.6 Å². The van der Waals surface area contributed by atoms with E-state index in [2.05, 4.69) is 54.3 Å². The van der Waals surface area contributed by atoms with E-state index in [9.17, 15) is 4.79 Å². The lowest BCUT2D eigenvalue weighted by atomic mass is 10.1. The summed E-state index contributed by atoms with van der Waals surface area (Å²) in [6.45, 7) is 9.34. The highest BCUT2D eigenvalue weighted by Gasteiger charge is 2.25. The van der Waals surface area contributed by atoms with Crippen molar-refractivity contribution in [3.63, 3.8) is 0 Å². The van der Waals surface area contributed by atoms with Gasteiger partial charge >= 0.3 is 0 Å². The first-order valence-electron chi connectivity index (χ1n) is 10.1. The maximum Gasteiger partial charge on any atom is 0.235 e. The Morgan fingerprint density at radius 3 is 2.61 bits per heavy atom. The lowest BCUT2D eigenvalue weighted by Gasteiger charge is -2.36. The first kappa shape index (κ1) is 19.3. The van der Waals surface area contributed by atoms with E-state index in [4.69, 9.17) is 4.74 Å². The molecule has 148 valence electrons. The van der Waals surface area contributed by atoms with Crippen molar-refractivity contribution in [3.8, 4) is 5.75 Å². The van der Waals surface area contributed by atoms with Crippen LogP contribution in [0.2, 0.25) is 0 Å². The Morgan fingerprint density at radius 1 is 1.11 bits per heavy atom. The largest absolute Gasteiger partial charge is 0.493 e. The molecule has 0 bridgehead atoms. The number of amides is 1.